The van der Waals surface area contributed by atoms with Crippen molar-refractivity contribution in [3.8, 4) is 6.07 Å². The van der Waals surface area contributed by atoms with Crippen LogP contribution in [0.5, 0.6) is 0 Å². The van der Waals surface area contributed by atoms with E-state index in [2.05, 4.69) is 16.7 Å². The molecule has 2 N–H and O–H groups in total. The van der Waals surface area contributed by atoms with Gasteiger partial charge in [0.1, 0.15) is 0 Å². The maximum absolute atomic E-state index is 12.2. The van der Waals surface area contributed by atoms with Gasteiger partial charge in [0.05, 0.1) is 17.0 Å². The first-order valence-electron chi connectivity index (χ1n) is 5.83. The third-order valence-electron chi connectivity index (χ3n) is 3.80. The van der Waals surface area contributed by atoms with E-state index in [1.807, 2.05) is 12.1 Å². The number of anilines is 1. The van der Waals surface area contributed by atoms with Crippen molar-refractivity contribution in [1.29, 1.82) is 5.26 Å². The van der Waals surface area contributed by atoms with Crippen molar-refractivity contribution in [2.24, 2.45) is 0 Å². The number of fused-ring (bicyclic) bond motifs is 2. The largest absolute Gasteiger partial charge is 0.325 e. The summed E-state index contributed by atoms with van der Waals surface area (Å²) in [6.07, 6.45) is 1.61. The Balaban J connectivity index is 2.14. The van der Waals surface area contributed by atoms with Gasteiger partial charge in [0.25, 0.3) is 0 Å². The Morgan fingerprint density at radius 2 is 2.06 bits per heavy atom. The third kappa shape index (κ3) is 1.36. The maximum atomic E-state index is 12.2. The van der Waals surface area contributed by atoms with Crippen LogP contribution in [0.15, 0.2) is 18.2 Å². The zero-order chi connectivity index (χ0) is 11.9. The summed E-state index contributed by atoms with van der Waals surface area (Å²) in [6.45, 7) is 1.70. The van der Waals surface area contributed by atoms with Crippen molar-refractivity contribution in [3.63, 3.8) is 0 Å². The first kappa shape index (κ1) is 10.3. The van der Waals surface area contributed by atoms with E-state index in [9.17, 15) is 4.79 Å². The van der Waals surface area contributed by atoms with E-state index in [1.165, 1.54) is 0 Å². The van der Waals surface area contributed by atoms with E-state index in [4.69, 9.17) is 5.26 Å². The van der Waals surface area contributed by atoms with Crippen LogP contribution in [0.1, 0.15) is 24.0 Å². The van der Waals surface area contributed by atoms with Crippen LogP contribution in [-0.2, 0) is 10.2 Å². The summed E-state index contributed by atoms with van der Waals surface area (Å²) < 4.78 is 0. The highest BCUT2D eigenvalue weighted by Gasteiger charge is 2.47. The van der Waals surface area contributed by atoms with E-state index in [1.54, 1.807) is 6.07 Å². The van der Waals surface area contributed by atoms with Crippen molar-refractivity contribution < 1.29 is 4.79 Å². The van der Waals surface area contributed by atoms with E-state index < -0.39 is 5.41 Å². The van der Waals surface area contributed by atoms with Crippen LogP contribution < -0.4 is 10.6 Å². The lowest BCUT2D eigenvalue weighted by atomic mass is 9.74. The van der Waals surface area contributed by atoms with E-state index in [-0.39, 0.29) is 5.91 Å². The molecule has 0 unspecified atom stereocenters. The molecule has 3 rings (SSSR count). The number of nitrogens with one attached hydrogen (secondary N) is 2. The second-order valence-electron chi connectivity index (χ2n) is 4.66. The maximum Gasteiger partial charge on any atom is 0.235 e. The van der Waals surface area contributed by atoms with Gasteiger partial charge in [-0.2, -0.15) is 5.26 Å². The first-order chi connectivity index (χ1) is 8.26. The normalized spacial score (nSPS) is 20.8. The topological polar surface area (TPSA) is 64.9 Å². The van der Waals surface area contributed by atoms with E-state index >= 15 is 0 Å². The summed E-state index contributed by atoms with van der Waals surface area (Å²) in [5, 5.41) is 15.2. The predicted octanol–water partition coefficient (Wildman–Crippen LogP) is 1.13. The molecule has 0 saturated carbocycles. The molecule has 2 aliphatic rings. The summed E-state index contributed by atoms with van der Waals surface area (Å²) in [5.74, 6) is 0.0871. The fourth-order valence-electron chi connectivity index (χ4n) is 2.83. The summed E-state index contributed by atoms with van der Waals surface area (Å²) in [7, 11) is 0. The summed E-state index contributed by atoms with van der Waals surface area (Å²) in [4.78, 5) is 12.2. The molecule has 0 atom stereocenters. The second-order valence-corrected chi connectivity index (χ2v) is 4.66. The molecule has 1 aromatic carbocycles. The summed E-state index contributed by atoms with van der Waals surface area (Å²) >= 11 is 0. The van der Waals surface area contributed by atoms with Crippen molar-refractivity contribution in [2.75, 3.05) is 18.4 Å². The molecule has 0 aromatic heterocycles. The number of amides is 1. The smallest absolute Gasteiger partial charge is 0.235 e. The predicted molar refractivity (Wildman–Crippen MR) is 63.6 cm³/mol. The van der Waals surface area contributed by atoms with Gasteiger partial charge < -0.3 is 10.6 Å². The lowest BCUT2D eigenvalue weighted by molar-refractivity contribution is -0.121. The Morgan fingerprint density at radius 1 is 1.29 bits per heavy atom. The van der Waals surface area contributed by atoms with Gasteiger partial charge in [-0.1, -0.05) is 0 Å². The molecular formula is C13H13N3O. The number of rotatable bonds is 0. The highest BCUT2D eigenvalue weighted by atomic mass is 16.2. The van der Waals surface area contributed by atoms with Gasteiger partial charge in [-0.3, -0.25) is 4.79 Å². The van der Waals surface area contributed by atoms with Crippen LogP contribution >= 0.6 is 0 Å². The molecular weight excluding hydrogens is 214 g/mol. The number of hydrogen-bond donors (Lipinski definition) is 2. The van der Waals surface area contributed by atoms with E-state index in [0.29, 0.717) is 5.56 Å². The number of hydrogen-bond acceptors (Lipinski definition) is 3. The molecule has 17 heavy (non-hydrogen) atoms. The second kappa shape index (κ2) is 3.57. The van der Waals surface area contributed by atoms with E-state index in [0.717, 1.165) is 37.2 Å². The number of carbonyl (C=O) groups excluding carboxylic acids is 1. The number of nitrogens with zero attached hydrogens (tertiary/aromatic N) is 1. The van der Waals surface area contributed by atoms with Gasteiger partial charge in [0, 0.05) is 5.69 Å². The van der Waals surface area contributed by atoms with Crippen LogP contribution in [-0.4, -0.2) is 19.0 Å². The zero-order valence-corrected chi connectivity index (χ0v) is 9.42. The number of benzene rings is 1. The standard InChI is InChI=1S/C13H13N3O/c14-8-9-1-2-11-10(7-9)13(12(17)16-11)3-5-15-6-4-13/h1-2,7,15H,3-6H2,(H,16,17). The molecule has 1 saturated heterocycles. The molecule has 2 heterocycles. The molecule has 0 aliphatic carbocycles. The summed E-state index contributed by atoms with van der Waals surface area (Å²) in [5.41, 5.74) is 2.09. The molecule has 1 aromatic rings. The average Bonchev–Trinajstić information content (AvgIpc) is 2.63. The molecule has 4 nitrogen and oxygen atoms in total. The molecule has 0 radical (unpaired) electrons. The Morgan fingerprint density at radius 3 is 2.76 bits per heavy atom. The van der Waals surface area contributed by atoms with Crippen LogP contribution in [0.4, 0.5) is 5.69 Å². The van der Waals surface area contributed by atoms with Gasteiger partial charge in [-0.25, -0.2) is 0 Å². The van der Waals surface area contributed by atoms with Crippen LogP contribution in [0.2, 0.25) is 0 Å². The lowest BCUT2D eigenvalue weighted by Crippen LogP contribution is -2.44. The van der Waals surface area contributed by atoms with Crippen LogP contribution in [0.25, 0.3) is 0 Å². The SMILES string of the molecule is N#Cc1ccc2c(c1)C1(CCNCC1)C(=O)N2. The molecule has 1 spiro atoms. The number of piperidine rings is 1. The van der Waals surface area contributed by atoms with Gasteiger partial charge in [0.2, 0.25) is 5.91 Å². The molecule has 4 heteroatoms. The van der Waals surface area contributed by atoms with Crippen molar-refractivity contribution >= 4 is 11.6 Å². The molecule has 1 amide bonds. The highest BCUT2D eigenvalue weighted by Crippen LogP contribution is 2.43. The van der Waals surface area contributed by atoms with Gasteiger partial charge in [0.15, 0.2) is 0 Å². The zero-order valence-electron chi connectivity index (χ0n) is 9.42. The Hall–Kier alpha value is -1.86. The fraction of sp³-hybridized carbons (Fsp3) is 0.385. The van der Waals surface area contributed by atoms with Crippen LogP contribution in [0, 0.1) is 11.3 Å². The molecule has 86 valence electrons. The van der Waals surface area contributed by atoms with Crippen molar-refractivity contribution in [2.45, 2.75) is 18.3 Å². The lowest BCUT2D eigenvalue weighted by Gasteiger charge is -2.32. The first-order valence-corrected chi connectivity index (χ1v) is 5.83. The molecule has 1 fully saturated rings. The average molecular weight is 227 g/mol. The quantitative estimate of drug-likeness (QED) is 0.698. The monoisotopic (exact) mass is 227 g/mol. The summed E-state index contributed by atoms with van der Waals surface area (Å²) in [6, 6.07) is 7.58. The molecule has 0 bridgehead atoms. The highest BCUT2D eigenvalue weighted by molar-refractivity contribution is 6.06. The minimum absolute atomic E-state index is 0.0871. The van der Waals surface area contributed by atoms with Gasteiger partial charge >= 0.3 is 0 Å². The minimum Gasteiger partial charge on any atom is -0.325 e. The van der Waals surface area contributed by atoms with Crippen molar-refractivity contribution in [3.05, 3.63) is 29.3 Å². The number of carbonyl (C=O) groups is 1. The Labute approximate surface area is 99.6 Å². The minimum atomic E-state index is -0.409. The van der Waals surface area contributed by atoms with Gasteiger partial charge in [-0.15, -0.1) is 0 Å². The molecule has 2 aliphatic heterocycles. The van der Waals surface area contributed by atoms with Crippen LogP contribution in [0.3, 0.4) is 0 Å². The Kier molecular flexibility index (Phi) is 2.17. The third-order valence-corrected chi connectivity index (χ3v) is 3.80. The number of nitriles is 1. The van der Waals surface area contributed by atoms with Crippen molar-refractivity contribution in [1.82, 2.24) is 5.32 Å². The Bertz CT molecular complexity index is 524. The fourth-order valence-corrected chi connectivity index (χ4v) is 2.83. The van der Waals surface area contributed by atoms with Gasteiger partial charge in [-0.05, 0) is 49.7 Å².